The Labute approximate surface area is 266 Å². The minimum Gasteiger partial charge on any atom is -0.353 e. The van der Waals surface area contributed by atoms with Gasteiger partial charge in [-0.3, -0.25) is 9.59 Å². The van der Waals surface area contributed by atoms with Crippen LogP contribution in [-0.2, 0) is 26.0 Å². The number of rotatable bonds is 12. The van der Waals surface area contributed by atoms with Crippen molar-refractivity contribution in [2.45, 2.75) is 62.9 Å². The van der Waals surface area contributed by atoms with Gasteiger partial charge in [0, 0.05) is 51.2 Å². The number of amides is 2. The second-order valence-electron chi connectivity index (χ2n) is 12.3. The zero-order valence-electron chi connectivity index (χ0n) is 26.0. The van der Waals surface area contributed by atoms with Crippen molar-refractivity contribution in [3.63, 3.8) is 0 Å². The van der Waals surface area contributed by atoms with Crippen LogP contribution in [0.15, 0.2) is 77.7 Å². The Morgan fingerprint density at radius 2 is 1.78 bits per heavy atom. The predicted molar refractivity (Wildman–Crippen MR) is 173 cm³/mol. The summed E-state index contributed by atoms with van der Waals surface area (Å²) in [5.74, 6) is -0.984. The maximum absolute atomic E-state index is 14.3. The smallest absolute Gasteiger partial charge is 0.243 e. The Kier molecular flexibility index (Phi) is 10.7. The summed E-state index contributed by atoms with van der Waals surface area (Å²) in [5.41, 5.74) is 3.50. The van der Waals surface area contributed by atoms with E-state index in [0.29, 0.717) is 39.0 Å². The molecular weight excluding hydrogens is 591 g/mol. The second-order valence-corrected chi connectivity index (χ2v) is 14.2. The van der Waals surface area contributed by atoms with Crippen molar-refractivity contribution in [2.75, 3.05) is 32.7 Å². The van der Waals surface area contributed by atoms with E-state index in [2.05, 4.69) is 17.6 Å². The fourth-order valence-electron chi connectivity index (χ4n) is 6.35. The van der Waals surface area contributed by atoms with Crippen LogP contribution in [0, 0.1) is 18.7 Å². The van der Waals surface area contributed by atoms with Crippen molar-refractivity contribution >= 4 is 21.8 Å². The van der Waals surface area contributed by atoms with E-state index in [1.54, 1.807) is 17.0 Å². The molecule has 0 radical (unpaired) electrons. The Bertz CT molecular complexity index is 1560. The summed E-state index contributed by atoms with van der Waals surface area (Å²) in [4.78, 5) is 28.0. The average molecular weight is 635 g/mol. The van der Waals surface area contributed by atoms with Gasteiger partial charge in [0.2, 0.25) is 21.8 Å². The number of halogens is 1. The van der Waals surface area contributed by atoms with Crippen LogP contribution in [0.3, 0.4) is 0 Å². The molecule has 0 saturated carbocycles. The number of benzene rings is 3. The van der Waals surface area contributed by atoms with Crippen LogP contribution >= 0.6 is 0 Å². The van der Waals surface area contributed by atoms with E-state index in [-0.39, 0.29) is 47.6 Å². The Hall–Kier alpha value is -3.60. The highest BCUT2D eigenvalue weighted by molar-refractivity contribution is 7.89. The van der Waals surface area contributed by atoms with Gasteiger partial charge in [0.15, 0.2) is 0 Å². The van der Waals surface area contributed by atoms with E-state index in [1.165, 1.54) is 16.4 Å². The summed E-state index contributed by atoms with van der Waals surface area (Å²) in [5, 5.41) is 6.58. The lowest BCUT2D eigenvalue weighted by molar-refractivity contribution is -0.129. The second kappa shape index (κ2) is 14.7. The van der Waals surface area contributed by atoms with Crippen molar-refractivity contribution in [1.82, 2.24) is 19.8 Å². The summed E-state index contributed by atoms with van der Waals surface area (Å²) in [6.07, 6.45) is 2.87. The first-order chi connectivity index (χ1) is 21.6. The molecule has 240 valence electrons. The summed E-state index contributed by atoms with van der Waals surface area (Å²) in [6.45, 7) is 5.98. The number of hydrogen-bond donors (Lipinski definition) is 2. The lowest BCUT2D eigenvalue weighted by Gasteiger charge is -2.35. The van der Waals surface area contributed by atoms with Gasteiger partial charge in [-0.25, -0.2) is 12.8 Å². The lowest BCUT2D eigenvalue weighted by Crippen LogP contribution is -2.55. The van der Waals surface area contributed by atoms with E-state index in [9.17, 15) is 22.4 Å². The van der Waals surface area contributed by atoms with Gasteiger partial charge in [-0.05, 0) is 72.7 Å². The Balaban J connectivity index is 1.28. The molecule has 2 aliphatic rings. The molecule has 2 N–H and O–H groups in total. The number of aryl methyl sites for hydroxylation is 1. The van der Waals surface area contributed by atoms with Crippen molar-refractivity contribution < 1.29 is 22.4 Å². The van der Waals surface area contributed by atoms with Crippen LogP contribution in [0.4, 0.5) is 4.39 Å². The molecule has 3 aromatic carbocycles. The van der Waals surface area contributed by atoms with Crippen LogP contribution in [0.2, 0.25) is 0 Å². The van der Waals surface area contributed by atoms with Crippen molar-refractivity contribution in [3.05, 3.63) is 89.7 Å². The van der Waals surface area contributed by atoms with E-state index in [0.717, 1.165) is 35.1 Å². The number of nitrogens with zero attached hydrogens (tertiary/aromatic N) is 2. The molecule has 0 bridgehead atoms. The van der Waals surface area contributed by atoms with Crippen LogP contribution in [0.5, 0.6) is 0 Å². The molecule has 0 aromatic heterocycles. The molecule has 0 aliphatic carbocycles. The summed E-state index contributed by atoms with van der Waals surface area (Å²) in [7, 11) is -3.74. The van der Waals surface area contributed by atoms with Crippen LogP contribution in [0.25, 0.3) is 11.1 Å². The van der Waals surface area contributed by atoms with E-state index in [1.807, 2.05) is 55.5 Å². The molecule has 8 nitrogen and oxygen atoms in total. The Morgan fingerprint density at radius 3 is 2.49 bits per heavy atom. The van der Waals surface area contributed by atoms with E-state index < -0.39 is 15.9 Å². The zero-order chi connectivity index (χ0) is 32.0. The predicted octanol–water partition coefficient (Wildman–Crippen LogP) is 4.53. The highest BCUT2D eigenvalue weighted by Crippen LogP contribution is 2.25. The van der Waals surface area contributed by atoms with Gasteiger partial charge in [-0.2, -0.15) is 4.31 Å². The molecule has 2 unspecified atom stereocenters. The number of nitrogens with one attached hydrogen (secondary N) is 2. The van der Waals surface area contributed by atoms with E-state index in [4.69, 9.17) is 0 Å². The first-order valence-corrected chi connectivity index (χ1v) is 17.3. The Morgan fingerprint density at radius 1 is 1.04 bits per heavy atom. The van der Waals surface area contributed by atoms with E-state index >= 15 is 0 Å². The first kappa shape index (κ1) is 32.8. The fourth-order valence-corrected chi connectivity index (χ4v) is 7.84. The average Bonchev–Trinajstić information content (AvgIpc) is 3.40. The lowest BCUT2D eigenvalue weighted by atomic mass is 9.96. The number of hydrogen-bond acceptors (Lipinski definition) is 5. The number of carbonyl (C=O) groups excluding carboxylic acids is 2. The molecule has 3 aromatic rings. The molecular formula is C35H43FN4O4S. The number of likely N-dealkylation sites (tertiary alicyclic amines) is 1. The summed E-state index contributed by atoms with van der Waals surface area (Å²) >= 11 is 0. The van der Waals surface area contributed by atoms with Crippen molar-refractivity contribution in [1.29, 1.82) is 0 Å². The maximum Gasteiger partial charge on any atom is 0.243 e. The molecule has 3 atom stereocenters. The van der Waals surface area contributed by atoms with Gasteiger partial charge in [0.25, 0.3) is 0 Å². The van der Waals surface area contributed by atoms with Crippen LogP contribution < -0.4 is 10.6 Å². The zero-order valence-corrected chi connectivity index (χ0v) is 26.9. The fraction of sp³-hybridized carbons (Fsp3) is 0.429. The van der Waals surface area contributed by atoms with Gasteiger partial charge in [-0.15, -0.1) is 0 Å². The van der Waals surface area contributed by atoms with Gasteiger partial charge in [0.05, 0.1) is 10.8 Å². The highest BCUT2D eigenvalue weighted by Gasteiger charge is 2.36. The minimum atomic E-state index is -3.74. The standard InChI is InChI=1S/C35H43FN4O4S/c1-3-4-15-39-23-29(21-34(39)41)35(42)38-31(20-26-17-25(2)18-30(36)19-26)22-32-24-40(16-14-37-32)45(43,44)33-12-10-28(11-13-33)27-8-6-5-7-9-27/h5-13,17-19,29,31-32,37H,3-4,14-16,20-24H2,1-2H3,(H,38,42)/t29?,31?,32-/m0/s1. The van der Waals surface area contributed by atoms with Gasteiger partial charge in [0.1, 0.15) is 5.82 Å². The first-order valence-electron chi connectivity index (χ1n) is 15.9. The van der Waals surface area contributed by atoms with Crippen LogP contribution in [0.1, 0.15) is 43.7 Å². The van der Waals surface area contributed by atoms with Gasteiger partial charge >= 0.3 is 0 Å². The molecule has 2 heterocycles. The highest BCUT2D eigenvalue weighted by atomic mass is 32.2. The molecule has 2 amide bonds. The third-order valence-corrected chi connectivity index (χ3v) is 10.6. The monoisotopic (exact) mass is 634 g/mol. The third kappa shape index (κ3) is 8.36. The largest absolute Gasteiger partial charge is 0.353 e. The molecule has 2 aliphatic heterocycles. The van der Waals surface area contributed by atoms with Crippen molar-refractivity contribution in [2.24, 2.45) is 5.92 Å². The SMILES string of the molecule is CCCCN1CC(C(=O)NC(Cc2cc(C)cc(F)c2)C[C@H]2CN(S(=O)(=O)c3ccc(-c4ccccc4)cc3)CCN2)CC1=O. The number of sulfonamides is 1. The number of piperazine rings is 1. The van der Waals surface area contributed by atoms with Crippen LogP contribution in [-0.4, -0.2) is 74.2 Å². The third-order valence-electron chi connectivity index (χ3n) is 8.68. The molecule has 2 fully saturated rings. The molecule has 0 spiro atoms. The maximum atomic E-state index is 14.3. The quantitative estimate of drug-likeness (QED) is 0.305. The number of carbonyl (C=O) groups is 2. The van der Waals surface area contributed by atoms with Gasteiger partial charge < -0.3 is 15.5 Å². The molecule has 5 rings (SSSR count). The molecule has 2 saturated heterocycles. The number of unbranched alkanes of at least 4 members (excludes halogenated alkanes) is 1. The van der Waals surface area contributed by atoms with Gasteiger partial charge in [-0.1, -0.05) is 61.9 Å². The topological polar surface area (TPSA) is 98.8 Å². The van der Waals surface area contributed by atoms with Crippen molar-refractivity contribution in [3.8, 4) is 11.1 Å². The summed E-state index contributed by atoms with van der Waals surface area (Å²) in [6, 6.07) is 21.0. The molecule has 45 heavy (non-hydrogen) atoms. The normalized spacial score (nSPS) is 19.9. The molecule has 10 heteroatoms. The minimum absolute atomic E-state index is 0.00694. The summed E-state index contributed by atoms with van der Waals surface area (Å²) < 4.78 is 43.1.